The Bertz CT molecular complexity index is 86.6. The third-order valence-electron chi connectivity index (χ3n) is 0.673. The Balaban J connectivity index is 3.32. The topological polar surface area (TPSA) is 83.5 Å². The molecule has 4 N–H and O–H groups in total. The van der Waals surface area contributed by atoms with E-state index in [2.05, 4.69) is 0 Å². The predicted molar refractivity (Wildman–Crippen MR) is 30.4 cm³/mol. The lowest BCUT2D eigenvalue weighted by Crippen LogP contribution is -2.26. The summed E-state index contributed by atoms with van der Waals surface area (Å²) < 4.78 is 18.2. The molecule has 0 aliphatic carbocycles. The summed E-state index contributed by atoms with van der Waals surface area (Å²) in [6.45, 7) is -0.145. The monoisotopic (exact) mass is 139 g/mol. The van der Waals surface area contributed by atoms with E-state index < -0.39 is 16.5 Å². The van der Waals surface area contributed by atoms with Crippen molar-refractivity contribution in [3.05, 3.63) is 0 Å². The van der Waals surface area contributed by atoms with Crippen LogP contribution in [0, 0.1) is 0 Å². The number of nitrogens with two attached hydrogens (primary N) is 1. The highest BCUT2D eigenvalue weighted by Crippen LogP contribution is 1.88. The Hall–Kier alpha value is 0.0300. The number of aliphatic hydroxyl groups is 1. The molecule has 4 nitrogen and oxygen atoms in total. The predicted octanol–water partition coefficient (Wildman–Crippen LogP) is -1.12. The van der Waals surface area contributed by atoms with Gasteiger partial charge < -0.3 is 15.4 Å². The zero-order valence-electron chi connectivity index (χ0n) is 4.28. The number of rotatable bonds is 3. The van der Waals surface area contributed by atoms with Crippen molar-refractivity contribution >= 4 is 11.1 Å². The molecule has 0 bridgehead atoms. The molecule has 0 saturated carbocycles. The largest absolute Gasteiger partial charge is 0.396 e. The van der Waals surface area contributed by atoms with Gasteiger partial charge in [0.2, 0.25) is 0 Å². The number of hydrogen-bond donors (Lipinski definition) is 3. The van der Waals surface area contributed by atoms with Crippen LogP contribution in [0.5, 0.6) is 0 Å². The molecule has 0 rings (SSSR count). The van der Waals surface area contributed by atoms with Crippen molar-refractivity contribution in [1.29, 1.82) is 0 Å². The third-order valence-corrected chi connectivity index (χ3v) is 1.43. The second-order valence-electron chi connectivity index (χ2n) is 1.33. The molecular formula is C3H9NO3S. The first-order valence-electron chi connectivity index (χ1n) is 2.14. The van der Waals surface area contributed by atoms with Crippen LogP contribution in [0.1, 0.15) is 6.42 Å². The summed E-state index contributed by atoms with van der Waals surface area (Å²) in [6, 6.07) is 0. The van der Waals surface area contributed by atoms with E-state index in [-0.39, 0.29) is 13.0 Å². The van der Waals surface area contributed by atoms with Gasteiger partial charge in [0, 0.05) is 6.61 Å². The van der Waals surface area contributed by atoms with E-state index in [1.54, 1.807) is 0 Å². The minimum absolute atomic E-state index is 0.145. The highest BCUT2D eigenvalue weighted by molar-refractivity contribution is 7.79. The first-order chi connectivity index (χ1) is 3.68. The van der Waals surface area contributed by atoms with Gasteiger partial charge in [-0.2, -0.15) is 0 Å². The second-order valence-corrected chi connectivity index (χ2v) is 2.48. The molecule has 0 aliphatic heterocycles. The lowest BCUT2D eigenvalue weighted by Gasteiger charge is -2.01. The number of aliphatic hydroxyl groups excluding tert-OH is 1. The fraction of sp³-hybridized carbons (Fsp3) is 1.00. The molecule has 0 aromatic heterocycles. The minimum atomic E-state index is -1.99. The van der Waals surface area contributed by atoms with Crippen LogP contribution in [-0.4, -0.2) is 25.8 Å². The lowest BCUT2D eigenvalue weighted by atomic mass is 10.5. The minimum Gasteiger partial charge on any atom is -0.396 e. The fourth-order valence-electron chi connectivity index (χ4n) is 0.228. The zero-order valence-corrected chi connectivity index (χ0v) is 5.10. The Morgan fingerprint density at radius 2 is 2.25 bits per heavy atom. The Morgan fingerprint density at radius 3 is 2.38 bits per heavy atom. The van der Waals surface area contributed by atoms with E-state index >= 15 is 0 Å². The molecule has 0 spiro atoms. The molecule has 5 heteroatoms. The van der Waals surface area contributed by atoms with Gasteiger partial charge >= 0.3 is 0 Å². The van der Waals surface area contributed by atoms with Crippen molar-refractivity contribution < 1.29 is 13.9 Å². The zero-order chi connectivity index (χ0) is 6.57. The molecule has 2 unspecified atom stereocenters. The van der Waals surface area contributed by atoms with Crippen LogP contribution in [0.4, 0.5) is 0 Å². The molecule has 0 saturated heterocycles. The molecule has 50 valence electrons. The van der Waals surface area contributed by atoms with Gasteiger partial charge in [0.25, 0.3) is 0 Å². The molecule has 0 amide bonds. The van der Waals surface area contributed by atoms with E-state index in [0.717, 1.165) is 0 Å². The molecular weight excluding hydrogens is 130 g/mol. The maximum atomic E-state index is 9.96. The van der Waals surface area contributed by atoms with Gasteiger partial charge in [0.15, 0.2) is 11.1 Å². The van der Waals surface area contributed by atoms with E-state index in [9.17, 15) is 4.21 Å². The van der Waals surface area contributed by atoms with Crippen molar-refractivity contribution in [2.45, 2.75) is 11.8 Å². The summed E-state index contributed by atoms with van der Waals surface area (Å²) in [5.41, 5.74) is 5.02. The van der Waals surface area contributed by atoms with E-state index in [4.69, 9.17) is 15.4 Å². The average molecular weight is 139 g/mol. The van der Waals surface area contributed by atoms with E-state index in [1.807, 2.05) is 0 Å². The van der Waals surface area contributed by atoms with Gasteiger partial charge in [-0.15, -0.1) is 0 Å². The molecule has 8 heavy (non-hydrogen) atoms. The van der Waals surface area contributed by atoms with Gasteiger partial charge in [0.05, 0.1) is 0 Å². The van der Waals surface area contributed by atoms with Gasteiger partial charge in [-0.1, -0.05) is 0 Å². The highest BCUT2D eigenvalue weighted by Gasteiger charge is 2.05. The van der Waals surface area contributed by atoms with Crippen molar-refractivity contribution in [2.24, 2.45) is 5.73 Å². The van der Waals surface area contributed by atoms with Crippen molar-refractivity contribution in [1.82, 2.24) is 0 Å². The van der Waals surface area contributed by atoms with Crippen molar-refractivity contribution in [3.63, 3.8) is 0 Å². The first-order valence-corrected chi connectivity index (χ1v) is 3.31. The van der Waals surface area contributed by atoms with Crippen molar-refractivity contribution in [2.75, 3.05) is 6.61 Å². The summed E-state index contributed by atoms with van der Waals surface area (Å²) >= 11 is -1.99. The van der Waals surface area contributed by atoms with Crippen LogP contribution in [0.2, 0.25) is 0 Å². The lowest BCUT2D eigenvalue weighted by molar-refractivity contribution is 0.285. The molecule has 0 aromatic carbocycles. The van der Waals surface area contributed by atoms with Gasteiger partial charge in [-0.05, 0) is 6.42 Å². The number of hydrogen-bond acceptors (Lipinski definition) is 3. The van der Waals surface area contributed by atoms with Gasteiger partial charge in [-0.25, -0.2) is 4.21 Å². The van der Waals surface area contributed by atoms with Crippen LogP contribution in [0.25, 0.3) is 0 Å². The molecule has 0 fully saturated rings. The average Bonchev–Trinajstić information content (AvgIpc) is 1.67. The highest BCUT2D eigenvalue weighted by atomic mass is 32.2. The van der Waals surface area contributed by atoms with Crippen LogP contribution in [0.15, 0.2) is 0 Å². The van der Waals surface area contributed by atoms with E-state index in [0.29, 0.717) is 0 Å². The summed E-state index contributed by atoms with van der Waals surface area (Å²) in [6.07, 6.45) is 0.170. The smallest absolute Gasteiger partial charge is 0.170 e. The second kappa shape index (κ2) is 3.96. The fourth-order valence-corrected chi connectivity index (χ4v) is 0.535. The quantitative estimate of drug-likeness (QED) is 0.432. The summed E-state index contributed by atoms with van der Waals surface area (Å²) in [4.78, 5) is 0. The Morgan fingerprint density at radius 1 is 1.75 bits per heavy atom. The Kier molecular flexibility index (Phi) is 3.98. The molecule has 0 aliphatic rings. The summed E-state index contributed by atoms with van der Waals surface area (Å²) in [5.74, 6) is 0. The van der Waals surface area contributed by atoms with Gasteiger partial charge in [0.1, 0.15) is 5.37 Å². The summed E-state index contributed by atoms with van der Waals surface area (Å²) in [5, 5.41) is 7.35. The molecule has 2 atom stereocenters. The SMILES string of the molecule is NC(CCO)S(=O)O. The maximum absolute atomic E-state index is 9.96. The van der Waals surface area contributed by atoms with Crippen LogP contribution in [-0.2, 0) is 11.1 Å². The Labute approximate surface area is 50.0 Å². The molecule has 0 aromatic rings. The molecule has 0 radical (unpaired) electrons. The normalized spacial score (nSPS) is 17.9. The third kappa shape index (κ3) is 3.09. The van der Waals surface area contributed by atoms with Crippen molar-refractivity contribution in [3.8, 4) is 0 Å². The van der Waals surface area contributed by atoms with Crippen LogP contribution >= 0.6 is 0 Å². The van der Waals surface area contributed by atoms with Crippen LogP contribution < -0.4 is 5.73 Å². The summed E-state index contributed by atoms with van der Waals surface area (Å²) in [7, 11) is 0. The standard InChI is InChI=1S/C3H9NO3S/c4-3(1-2-5)8(6)7/h3,5H,1-2,4H2,(H,6,7). The van der Waals surface area contributed by atoms with E-state index in [1.165, 1.54) is 0 Å². The van der Waals surface area contributed by atoms with Gasteiger partial charge in [-0.3, -0.25) is 0 Å². The maximum Gasteiger partial charge on any atom is 0.170 e. The van der Waals surface area contributed by atoms with Crippen LogP contribution in [0.3, 0.4) is 0 Å². The molecule has 0 heterocycles. The first kappa shape index (κ1) is 8.03.